The zero-order chi connectivity index (χ0) is 8.97. The number of para-hydroxylation sites is 1. The van der Waals surface area contributed by atoms with E-state index in [-0.39, 0.29) is 6.04 Å². The molecule has 0 aliphatic rings. The Morgan fingerprint density at radius 2 is 2.17 bits per heavy atom. The highest BCUT2D eigenvalue weighted by Gasteiger charge is 2.06. The average Bonchev–Trinajstić information content (AvgIpc) is 2.16. The lowest BCUT2D eigenvalue weighted by Crippen LogP contribution is -2.07. The summed E-state index contributed by atoms with van der Waals surface area (Å²) in [7, 11) is 1.63. The van der Waals surface area contributed by atoms with Crippen molar-refractivity contribution in [1.82, 2.24) is 0 Å². The minimum Gasteiger partial charge on any atom is -0.496 e. The van der Waals surface area contributed by atoms with Crippen LogP contribution in [0.5, 0.6) is 5.75 Å². The maximum absolute atomic E-state index is 5.77. The number of nitrogens with two attached hydrogens (primary N) is 1. The van der Waals surface area contributed by atoms with Crippen molar-refractivity contribution in [3.63, 3.8) is 0 Å². The number of ether oxygens (including phenoxy) is 1. The average molecular weight is 163 g/mol. The Labute approximate surface area is 72.7 Å². The molecule has 2 nitrogen and oxygen atoms in total. The van der Waals surface area contributed by atoms with Crippen molar-refractivity contribution in [2.75, 3.05) is 7.11 Å². The minimum atomic E-state index is -0.152. The summed E-state index contributed by atoms with van der Waals surface area (Å²) < 4.78 is 5.14. The Morgan fingerprint density at radius 1 is 1.50 bits per heavy atom. The van der Waals surface area contributed by atoms with Crippen LogP contribution in [0, 0.1) is 0 Å². The summed E-state index contributed by atoms with van der Waals surface area (Å²) >= 11 is 0. The topological polar surface area (TPSA) is 35.2 Å². The Balaban J connectivity index is 3.04. The second-order valence-electron chi connectivity index (χ2n) is 2.50. The zero-order valence-electron chi connectivity index (χ0n) is 7.16. The second kappa shape index (κ2) is 3.93. The molecule has 0 saturated carbocycles. The quantitative estimate of drug-likeness (QED) is 0.690. The van der Waals surface area contributed by atoms with Crippen LogP contribution in [0.4, 0.5) is 0 Å². The molecule has 0 amide bonds. The molecule has 0 aliphatic carbocycles. The normalized spacial score (nSPS) is 12.2. The van der Waals surface area contributed by atoms with E-state index in [9.17, 15) is 0 Å². The molecule has 1 aromatic rings. The largest absolute Gasteiger partial charge is 0.496 e. The fourth-order valence-corrected chi connectivity index (χ4v) is 1.07. The third kappa shape index (κ3) is 1.66. The molecule has 2 N–H and O–H groups in total. The van der Waals surface area contributed by atoms with Crippen LogP contribution in [0.2, 0.25) is 0 Å². The Morgan fingerprint density at radius 3 is 2.75 bits per heavy atom. The van der Waals surface area contributed by atoms with E-state index in [1.807, 2.05) is 24.3 Å². The van der Waals surface area contributed by atoms with E-state index in [4.69, 9.17) is 10.5 Å². The molecular weight excluding hydrogens is 150 g/mol. The van der Waals surface area contributed by atoms with Gasteiger partial charge in [0.15, 0.2) is 0 Å². The van der Waals surface area contributed by atoms with Gasteiger partial charge in [-0.25, -0.2) is 0 Å². The molecule has 0 saturated heterocycles. The Hall–Kier alpha value is -1.28. The highest BCUT2D eigenvalue weighted by Crippen LogP contribution is 2.23. The Bertz CT molecular complexity index is 270. The van der Waals surface area contributed by atoms with E-state index >= 15 is 0 Å². The maximum Gasteiger partial charge on any atom is 0.123 e. The van der Waals surface area contributed by atoms with E-state index in [0.29, 0.717) is 0 Å². The molecule has 1 aromatic carbocycles. The van der Waals surface area contributed by atoms with E-state index < -0.39 is 0 Å². The first-order valence-corrected chi connectivity index (χ1v) is 3.80. The van der Waals surface area contributed by atoms with Crippen LogP contribution in [-0.2, 0) is 0 Å². The molecule has 0 spiro atoms. The van der Waals surface area contributed by atoms with Crippen LogP contribution in [0.15, 0.2) is 36.9 Å². The molecule has 0 aromatic heterocycles. The van der Waals surface area contributed by atoms with E-state index in [2.05, 4.69) is 6.58 Å². The molecule has 1 rings (SSSR count). The first-order chi connectivity index (χ1) is 5.79. The molecule has 0 unspecified atom stereocenters. The first-order valence-electron chi connectivity index (χ1n) is 3.80. The maximum atomic E-state index is 5.77. The highest BCUT2D eigenvalue weighted by molar-refractivity contribution is 5.37. The van der Waals surface area contributed by atoms with Gasteiger partial charge in [0.25, 0.3) is 0 Å². The monoisotopic (exact) mass is 163 g/mol. The van der Waals surface area contributed by atoms with Gasteiger partial charge in [-0.05, 0) is 6.07 Å². The van der Waals surface area contributed by atoms with Crippen molar-refractivity contribution in [3.8, 4) is 5.75 Å². The van der Waals surface area contributed by atoms with Crippen molar-refractivity contribution in [2.24, 2.45) is 5.73 Å². The summed E-state index contributed by atoms with van der Waals surface area (Å²) in [6.07, 6.45) is 1.69. The molecule has 0 bridgehead atoms. The summed E-state index contributed by atoms with van der Waals surface area (Å²) in [6.45, 7) is 3.63. The van der Waals surface area contributed by atoms with Crippen LogP contribution < -0.4 is 10.5 Å². The van der Waals surface area contributed by atoms with Gasteiger partial charge in [-0.15, -0.1) is 6.58 Å². The number of hydrogen-bond donors (Lipinski definition) is 1. The Kier molecular flexibility index (Phi) is 2.88. The molecule has 0 fully saturated rings. The lowest BCUT2D eigenvalue weighted by atomic mass is 10.1. The van der Waals surface area contributed by atoms with Crippen LogP contribution in [0.25, 0.3) is 0 Å². The SMILES string of the molecule is C=C[C@H](N)c1ccccc1OC. The minimum absolute atomic E-state index is 0.152. The van der Waals surface area contributed by atoms with Crippen LogP contribution in [-0.4, -0.2) is 7.11 Å². The molecule has 2 heteroatoms. The van der Waals surface area contributed by atoms with Crippen molar-refractivity contribution >= 4 is 0 Å². The third-order valence-electron chi connectivity index (χ3n) is 1.75. The molecule has 64 valence electrons. The van der Waals surface area contributed by atoms with Gasteiger partial charge in [0, 0.05) is 5.56 Å². The van der Waals surface area contributed by atoms with E-state index in [0.717, 1.165) is 11.3 Å². The van der Waals surface area contributed by atoms with Gasteiger partial charge in [-0.3, -0.25) is 0 Å². The van der Waals surface area contributed by atoms with Gasteiger partial charge in [-0.1, -0.05) is 24.3 Å². The molecule has 0 aliphatic heterocycles. The van der Waals surface area contributed by atoms with Crippen LogP contribution >= 0.6 is 0 Å². The smallest absolute Gasteiger partial charge is 0.123 e. The summed E-state index contributed by atoms with van der Waals surface area (Å²) in [5, 5.41) is 0. The summed E-state index contributed by atoms with van der Waals surface area (Å²) in [5.74, 6) is 0.810. The van der Waals surface area contributed by atoms with Gasteiger partial charge in [0.1, 0.15) is 5.75 Å². The zero-order valence-corrected chi connectivity index (χ0v) is 7.16. The van der Waals surface area contributed by atoms with Gasteiger partial charge in [-0.2, -0.15) is 0 Å². The molecular formula is C10H13NO. The van der Waals surface area contributed by atoms with Gasteiger partial charge >= 0.3 is 0 Å². The van der Waals surface area contributed by atoms with Crippen LogP contribution in [0.3, 0.4) is 0 Å². The lowest BCUT2D eigenvalue weighted by Gasteiger charge is -2.10. The fraction of sp³-hybridized carbons (Fsp3) is 0.200. The molecule has 0 heterocycles. The number of hydrogen-bond acceptors (Lipinski definition) is 2. The summed E-state index contributed by atoms with van der Waals surface area (Å²) in [6, 6.07) is 7.52. The summed E-state index contributed by atoms with van der Waals surface area (Å²) in [5.41, 5.74) is 6.74. The van der Waals surface area contributed by atoms with Crippen molar-refractivity contribution in [1.29, 1.82) is 0 Å². The van der Waals surface area contributed by atoms with Gasteiger partial charge < -0.3 is 10.5 Å². The second-order valence-corrected chi connectivity index (χ2v) is 2.50. The fourth-order valence-electron chi connectivity index (χ4n) is 1.07. The van der Waals surface area contributed by atoms with Crippen molar-refractivity contribution < 1.29 is 4.74 Å². The molecule has 1 atom stereocenters. The first kappa shape index (κ1) is 8.81. The standard InChI is InChI=1S/C10H13NO/c1-3-9(11)8-6-4-5-7-10(8)12-2/h3-7,9H,1,11H2,2H3/t9-/m0/s1. The molecule has 0 radical (unpaired) electrons. The number of benzene rings is 1. The van der Waals surface area contributed by atoms with Crippen LogP contribution in [0.1, 0.15) is 11.6 Å². The predicted molar refractivity (Wildman–Crippen MR) is 50.1 cm³/mol. The lowest BCUT2D eigenvalue weighted by molar-refractivity contribution is 0.408. The van der Waals surface area contributed by atoms with E-state index in [1.165, 1.54) is 0 Å². The van der Waals surface area contributed by atoms with Crippen molar-refractivity contribution in [3.05, 3.63) is 42.5 Å². The molecule has 12 heavy (non-hydrogen) atoms. The summed E-state index contributed by atoms with van der Waals surface area (Å²) in [4.78, 5) is 0. The number of methoxy groups -OCH3 is 1. The van der Waals surface area contributed by atoms with E-state index in [1.54, 1.807) is 13.2 Å². The highest BCUT2D eigenvalue weighted by atomic mass is 16.5. The number of rotatable bonds is 3. The van der Waals surface area contributed by atoms with Gasteiger partial charge in [0.05, 0.1) is 13.2 Å². The van der Waals surface area contributed by atoms with Gasteiger partial charge in [0.2, 0.25) is 0 Å². The third-order valence-corrected chi connectivity index (χ3v) is 1.75. The van der Waals surface area contributed by atoms with Crippen molar-refractivity contribution in [2.45, 2.75) is 6.04 Å². The predicted octanol–water partition coefficient (Wildman–Crippen LogP) is 1.88.